The van der Waals surface area contributed by atoms with Crippen molar-refractivity contribution in [3.05, 3.63) is 123 Å². The van der Waals surface area contributed by atoms with Crippen LogP contribution in [0.3, 0.4) is 0 Å². The van der Waals surface area contributed by atoms with Crippen molar-refractivity contribution in [2.75, 3.05) is 4.90 Å². The van der Waals surface area contributed by atoms with Gasteiger partial charge in [0.1, 0.15) is 0 Å². The van der Waals surface area contributed by atoms with Gasteiger partial charge in [0.2, 0.25) is 13.4 Å². The van der Waals surface area contributed by atoms with E-state index in [9.17, 15) is 0 Å². The van der Waals surface area contributed by atoms with E-state index in [1.165, 1.54) is 22.2 Å². The molecule has 0 saturated heterocycles. The maximum absolute atomic E-state index is 8.68. The fourth-order valence-corrected chi connectivity index (χ4v) is 8.10. The third-order valence-corrected chi connectivity index (χ3v) is 9.38. The average molecular weight is 549 g/mol. The summed E-state index contributed by atoms with van der Waals surface area (Å²) in [5.74, 6) is 0. The summed E-state index contributed by atoms with van der Waals surface area (Å²) >= 11 is 0. The molecular formula is C39H39B2N. The maximum atomic E-state index is 8.68. The number of hydrogen-bond acceptors (Lipinski definition) is 1. The van der Waals surface area contributed by atoms with E-state index in [4.69, 9.17) is 8.22 Å². The minimum Gasteiger partial charge on any atom is -0.313 e. The van der Waals surface area contributed by atoms with Crippen molar-refractivity contribution in [2.24, 2.45) is 0 Å². The number of nitrogens with zero attached hydrogens (tertiary/aromatic N) is 1. The zero-order valence-corrected chi connectivity index (χ0v) is 25.5. The molecule has 0 bridgehead atoms. The first-order valence-electron chi connectivity index (χ1n) is 17.8. The van der Waals surface area contributed by atoms with Gasteiger partial charge in [-0.15, -0.1) is 0 Å². The number of benzene rings is 5. The van der Waals surface area contributed by atoms with Crippen LogP contribution in [0.1, 0.15) is 58.3 Å². The predicted octanol–water partition coefficient (Wildman–Crippen LogP) is 5.59. The molecule has 5 aromatic carbocycles. The molecule has 1 nitrogen and oxygen atoms in total. The summed E-state index contributed by atoms with van der Waals surface area (Å²) in [4.78, 5) is 2.27. The molecule has 2 aliphatic rings. The smallest absolute Gasteiger partial charge is 0.247 e. The van der Waals surface area contributed by atoms with Gasteiger partial charge in [0.15, 0.2) is 0 Å². The van der Waals surface area contributed by atoms with E-state index in [0.717, 1.165) is 66.6 Å². The second-order valence-corrected chi connectivity index (χ2v) is 12.7. The van der Waals surface area contributed by atoms with E-state index < -0.39 is 13.7 Å². The highest BCUT2D eigenvalue weighted by Crippen LogP contribution is 2.38. The zero-order valence-electron chi connectivity index (χ0n) is 31.5. The van der Waals surface area contributed by atoms with Crippen LogP contribution in [0.5, 0.6) is 0 Å². The van der Waals surface area contributed by atoms with Gasteiger partial charge in [-0.1, -0.05) is 122 Å². The van der Waals surface area contributed by atoms with Crippen molar-refractivity contribution in [1.29, 1.82) is 0 Å². The Morgan fingerprint density at radius 2 is 0.857 bits per heavy atom. The third kappa shape index (κ3) is 3.93. The Kier molecular flexibility index (Phi) is 4.73. The van der Waals surface area contributed by atoms with Crippen molar-refractivity contribution in [3.8, 4) is 0 Å². The normalized spacial score (nSPS) is 15.9. The molecule has 0 amide bonds. The second kappa shape index (κ2) is 9.53. The van der Waals surface area contributed by atoms with E-state index in [0.29, 0.717) is 5.56 Å². The summed E-state index contributed by atoms with van der Waals surface area (Å²) < 4.78 is 51.1. The van der Waals surface area contributed by atoms with Gasteiger partial charge in [0.05, 0.1) is 0 Å². The van der Waals surface area contributed by atoms with Crippen molar-refractivity contribution in [1.82, 2.24) is 0 Å². The van der Waals surface area contributed by atoms with Crippen LogP contribution >= 0.6 is 0 Å². The Morgan fingerprint density at radius 1 is 0.452 bits per heavy atom. The number of fused-ring (bicyclic) bond motifs is 4. The largest absolute Gasteiger partial charge is 0.313 e. The monoisotopic (exact) mass is 549 g/mol. The molecule has 5 aromatic rings. The summed E-state index contributed by atoms with van der Waals surface area (Å²) in [6.45, 7) is 9.60. The minimum absolute atomic E-state index is 0.197. The highest BCUT2D eigenvalue weighted by Gasteiger charge is 2.44. The molecular weight excluding hydrogens is 504 g/mol. The Labute approximate surface area is 261 Å². The summed E-state index contributed by atoms with van der Waals surface area (Å²) in [5, 5.41) is 0. The van der Waals surface area contributed by atoms with Gasteiger partial charge in [-0.3, -0.25) is 0 Å². The SMILES string of the molecule is [2H]C([2H])([2H])c1ccc2c(c1)B(c1c(C)cc(C)cc1C)c1cc(C([2H])([2H])[2H])cc3c1N2c1ccc(C)cc1B3c1c(C)cc(C)cc1C. The number of hydrogen-bond donors (Lipinski definition) is 0. The van der Waals surface area contributed by atoms with Crippen molar-refractivity contribution in [2.45, 2.75) is 62.2 Å². The Morgan fingerprint density at radius 3 is 1.31 bits per heavy atom. The van der Waals surface area contributed by atoms with Crippen LogP contribution < -0.4 is 37.7 Å². The molecule has 0 radical (unpaired) electrons. The summed E-state index contributed by atoms with van der Waals surface area (Å²) in [6.07, 6.45) is 0. The lowest BCUT2D eigenvalue weighted by molar-refractivity contribution is 1.28. The molecule has 0 atom stereocenters. The van der Waals surface area contributed by atoms with Crippen LogP contribution in [0.4, 0.5) is 17.1 Å². The van der Waals surface area contributed by atoms with Crippen LogP contribution in [0.2, 0.25) is 0 Å². The van der Waals surface area contributed by atoms with E-state index in [-0.39, 0.29) is 19.0 Å². The number of aryl methyl sites for hydroxylation is 9. The van der Waals surface area contributed by atoms with Gasteiger partial charge in [-0.05, 0) is 96.2 Å². The number of anilines is 3. The van der Waals surface area contributed by atoms with Crippen molar-refractivity contribution < 1.29 is 8.22 Å². The van der Waals surface area contributed by atoms with Gasteiger partial charge >= 0.3 is 0 Å². The molecule has 3 heteroatoms. The van der Waals surface area contributed by atoms with Crippen molar-refractivity contribution in [3.63, 3.8) is 0 Å². The molecule has 0 fully saturated rings. The quantitative estimate of drug-likeness (QED) is 0.254. The molecule has 2 heterocycles. The molecule has 0 saturated carbocycles. The number of rotatable bonds is 2. The third-order valence-electron chi connectivity index (χ3n) is 9.38. The first-order chi connectivity index (χ1) is 22.5. The van der Waals surface area contributed by atoms with Gasteiger partial charge in [0, 0.05) is 25.3 Å². The van der Waals surface area contributed by atoms with Gasteiger partial charge in [0.25, 0.3) is 0 Å². The van der Waals surface area contributed by atoms with Crippen LogP contribution in [0.15, 0.2) is 72.8 Å². The highest BCUT2D eigenvalue weighted by molar-refractivity contribution is 7.02. The molecule has 0 spiro atoms. The Bertz CT molecular complexity index is 2120. The fraction of sp³-hybridized carbons (Fsp3) is 0.231. The van der Waals surface area contributed by atoms with Gasteiger partial charge in [-0.25, -0.2) is 0 Å². The molecule has 206 valence electrons. The Balaban J connectivity index is 1.68. The zero-order chi connectivity index (χ0) is 34.6. The van der Waals surface area contributed by atoms with Crippen LogP contribution in [0.25, 0.3) is 0 Å². The molecule has 0 N–H and O–H groups in total. The standard InChI is InChI=1S/C39H39B2N/c1-22-10-12-35-31(18-22)40(37-27(6)14-24(3)15-28(37)7)33-20-26(5)21-34-39(33)42(35)36-13-11-23(2)19-32(36)41(34)38-29(8)16-25(4)17-30(38)9/h10-21H,1-9H3/i1D3,5D3. The van der Waals surface area contributed by atoms with Crippen LogP contribution in [-0.4, -0.2) is 13.4 Å². The summed E-state index contributed by atoms with van der Waals surface area (Å²) in [7, 11) is 0. The molecule has 0 unspecified atom stereocenters. The first kappa shape index (κ1) is 20.8. The summed E-state index contributed by atoms with van der Waals surface area (Å²) in [6, 6.07) is 24.6. The fourth-order valence-electron chi connectivity index (χ4n) is 8.10. The lowest BCUT2D eigenvalue weighted by Crippen LogP contribution is -2.66. The van der Waals surface area contributed by atoms with Crippen LogP contribution in [-0.2, 0) is 0 Å². The molecule has 0 aliphatic carbocycles. The van der Waals surface area contributed by atoms with E-state index in [1.807, 2.05) is 24.3 Å². The van der Waals surface area contributed by atoms with Crippen LogP contribution in [0, 0.1) is 62.2 Å². The molecule has 0 aromatic heterocycles. The van der Waals surface area contributed by atoms with E-state index >= 15 is 0 Å². The topological polar surface area (TPSA) is 3.24 Å². The highest BCUT2D eigenvalue weighted by atomic mass is 15.2. The maximum Gasteiger partial charge on any atom is 0.247 e. The molecule has 42 heavy (non-hydrogen) atoms. The lowest BCUT2D eigenvalue weighted by atomic mass is 9.29. The molecule has 7 rings (SSSR count). The van der Waals surface area contributed by atoms with E-state index in [2.05, 4.69) is 95.8 Å². The summed E-state index contributed by atoms with van der Waals surface area (Å²) in [5.41, 5.74) is 17.6. The average Bonchev–Trinajstić information content (AvgIpc) is 2.96. The van der Waals surface area contributed by atoms with Gasteiger partial charge < -0.3 is 4.90 Å². The second-order valence-electron chi connectivity index (χ2n) is 12.7. The first-order valence-corrected chi connectivity index (χ1v) is 14.8. The van der Waals surface area contributed by atoms with E-state index in [1.54, 1.807) is 6.07 Å². The minimum atomic E-state index is -2.35. The Hall–Kier alpha value is -3.97. The molecule has 2 aliphatic heterocycles. The van der Waals surface area contributed by atoms with Gasteiger partial charge in [-0.2, -0.15) is 0 Å². The predicted molar refractivity (Wildman–Crippen MR) is 186 cm³/mol. The lowest BCUT2D eigenvalue weighted by Gasteiger charge is -2.45. The van der Waals surface area contributed by atoms with Crippen molar-refractivity contribution >= 4 is 63.3 Å².